The number of allylic oxidation sites excluding steroid dienone is 2. The molecule has 4 heteroatoms. The molecule has 0 aliphatic heterocycles. The van der Waals surface area contributed by atoms with Gasteiger partial charge in [-0.1, -0.05) is 24.3 Å². The molecule has 0 saturated heterocycles. The second kappa shape index (κ2) is 4.98. The summed E-state index contributed by atoms with van der Waals surface area (Å²) in [6.07, 6.45) is 1.41. The summed E-state index contributed by atoms with van der Waals surface area (Å²) in [4.78, 5) is 11.4. The first-order valence-electron chi connectivity index (χ1n) is 4.72. The molecule has 0 fully saturated rings. The first-order chi connectivity index (χ1) is 6.97. The molecular weight excluding hydrogens is 206 g/mol. The van der Waals surface area contributed by atoms with Crippen LogP contribution >= 0.6 is 12.2 Å². The number of nitrogens with one attached hydrogen (secondary N) is 1. The van der Waals surface area contributed by atoms with Gasteiger partial charge in [-0.05, 0) is 26.1 Å². The van der Waals surface area contributed by atoms with Crippen LogP contribution in [0.5, 0.6) is 0 Å². The van der Waals surface area contributed by atoms with Crippen molar-refractivity contribution in [3.8, 4) is 0 Å². The SMILES string of the molecule is C=C(C)Cc1nc(=S)nc(CC(=C)C)[nH]1. The molecule has 0 radical (unpaired) electrons. The van der Waals surface area contributed by atoms with Crippen LogP contribution in [0.15, 0.2) is 24.3 Å². The van der Waals surface area contributed by atoms with Gasteiger partial charge < -0.3 is 4.98 Å². The highest BCUT2D eigenvalue weighted by Crippen LogP contribution is 2.03. The fourth-order valence-corrected chi connectivity index (χ4v) is 1.44. The van der Waals surface area contributed by atoms with Crippen LogP contribution in [-0.4, -0.2) is 15.0 Å². The molecule has 0 aliphatic rings. The number of H-pyrrole nitrogens is 1. The van der Waals surface area contributed by atoms with E-state index >= 15 is 0 Å². The number of rotatable bonds is 4. The zero-order valence-corrected chi connectivity index (χ0v) is 9.95. The van der Waals surface area contributed by atoms with Gasteiger partial charge in [0.25, 0.3) is 0 Å². The Labute approximate surface area is 95.0 Å². The third kappa shape index (κ3) is 4.16. The van der Waals surface area contributed by atoms with Gasteiger partial charge in [-0.15, -0.1) is 0 Å². The van der Waals surface area contributed by atoms with E-state index in [2.05, 4.69) is 28.1 Å². The molecule has 0 saturated carbocycles. The maximum atomic E-state index is 4.99. The molecule has 1 N–H and O–H groups in total. The van der Waals surface area contributed by atoms with Gasteiger partial charge in [-0.25, -0.2) is 9.97 Å². The quantitative estimate of drug-likeness (QED) is 0.628. The summed E-state index contributed by atoms with van der Waals surface area (Å²) >= 11 is 4.99. The maximum absolute atomic E-state index is 4.99. The van der Waals surface area contributed by atoms with E-state index in [0.29, 0.717) is 17.6 Å². The normalized spacial score (nSPS) is 10.0. The first kappa shape index (κ1) is 11.8. The van der Waals surface area contributed by atoms with Crippen LogP contribution < -0.4 is 0 Å². The van der Waals surface area contributed by atoms with Crippen molar-refractivity contribution in [2.75, 3.05) is 0 Å². The number of hydrogen-bond donors (Lipinski definition) is 1. The lowest BCUT2D eigenvalue weighted by molar-refractivity contribution is 0.830. The monoisotopic (exact) mass is 221 g/mol. The minimum Gasteiger partial charge on any atom is -0.331 e. The molecule has 0 aliphatic carbocycles. The Morgan fingerprint density at radius 2 is 1.53 bits per heavy atom. The second-order valence-corrected chi connectivity index (χ2v) is 4.16. The molecule has 1 aromatic heterocycles. The molecule has 0 bridgehead atoms. The number of aromatic nitrogens is 3. The smallest absolute Gasteiger partial charge is 0.222 e. The van der Waals surface area contributed by atoms with Crippen molar-refractivity contribution in [3.05, 3.63) is 40.7 Å². The van der Waals surface area contributed by atoms with E-state index < -0.39 is 0 Å². The molecular formula is C11H15N3S. The van der Waals surface area contributed by atoms with Crippen molar-refractivity contribution < 1.29 is 0 Å². The van der Waals surface area contributed by atoms with Gasteiger partial charge in [0.1, 0.15) is 11.6 Å². The van der Waals surface area contributed by atoms with Crippen LogP contribution in [0.3, 0.4) is 0 Å². The Morgan fingerprint density at radius 3 is 1.87 bits per heavy atom. The lowest BCUT2D eigenvalue weighted by Gasteiger charge is -2.04. The van der Waals surface area contributed by atoms with Gasteiger partial charge >= 0.3 is 0 Å². The summed E-state index contributed by atoms with van der Waals surface area (Å²) in [5, 5.41) is 0. The number of aromatic amines is 1. The molecule has 80 valence electrons. The van der Waals surface area contributed by atoms with Crippen LogP contribution in [-0.2, 0) is 12.8 Å². The predicted octanol–water partition coefficient (Wildman–Crippen LogP) is 2.77. The molecule has 0 spiro atoms. The summed E-state index contributed by atoms with van der Waals surface area (Å²) < 4.78 is 0.376. The van der Waals surface area contributed by atoms with E-state index in [1.54, 1.807) is 0 Å². The largest absolute Gasteiger partial charge is 0.331 e. The zero-order valence-electron chi connectivity index (χ0n) is 9.13. The van der Waals surface area contributed by atoms with Crippen molar-refractivity contribution in [1.82, 2.24) is 15.0 Å². The van der Waals surface area contributed by atoms with E-state index in [0.717, 1.165) is 22.8 Å². The minimum atomic E-state index is 0.376. The van der Waals surface area contributed by atoms with E-state index in [1.807, 2.05) is 13.8 Å². The van der Waals surface area contributed by atoms with Crippen molar-refractivity contribution >= 4 is 12.2 Å². The number of hydrogen-bond acceptors (Lipinski definition) is 3. The zero-order chi connectivity index (χ0) is 11.4. The highest BCUT2D eigenvalue weighted by atomic mass is 32.1. The average molecular weight is 221 g/mol. The summed E-state index contributed by atoms with van der Waals surface area (Å²) in [5.41, 5.74) is 2.08. The molecule has 0 amide bonds. The van der Waals surface area contributed by atoms with Gasteiger partial charge in [0.05, 0.1) is 0 Å². The van der Waals surface area contributed by atoms with Crippen molar-refractivity contribution in [2.45, 2.75) is 26.7 Å². The molecule has 3 nitrogen and oxygen atoms in total. The molecule has 1 aromatic rings. The molecule has 1 heterocycles. The van der Waals surface area contributed by atoms with Crippen molar-refractivity contribution in [1.29, 1.82) is 0 Å². The predicted molar refractivity (Wildman–Crippen MR) is 64.3 cm³/mol. The molecule has 0 atom stereocenters. The highest BCUT2D eigenvalue weighted by Gasteiger charge is 2.01. The summed E-state index contributed by atoms with van der Waals surface area (Å²) in [6.45, 7) is 11.6. The van der Waals surface area contributed by atoms with Gasteiger partial charge in [0, 0.05) is 12.8 Å². The third-order valence-corrected chi connectivity index (χ3v) is 1.87. The summed E-state index contributed by atoms with van der Waals surface area (Å²) in [7, 11) is 0. The Balaban J connectivity index is 2.99. The maximum Gasteiger partial charge on any atom is 0.222 e. The topological polar surface area (TPSA) is 41.6 Å². The van der Waals surface area contributed by atoms with Gasteiger partial charge in [-0.2, -0.15) is 0 Å². The summed E-state index contributed by atoms with van der Waals surface area (Å²) in [6, 6.07) is 0. The van der Waals surface area contributed by atoms with E-state index in [1.165, 1.54) is 0 Å². The molecule has 0 unspecified atom stereocenters. The summed E-state index contributed by atoms with van der Waals surface area (Å²) in [5.74, 6) is 1.64. The second-order valence-electron chi connectivity index (χ2n) is 3.79. The Kier molecular flexibility index (Phi) is 3.91. The van der Waals surface area contributed by atoms with Gasteiger partial charge in [0.2, 0.25) is 4.77 Å². The molecule has 0 aromatic carbocycles. The number of nitrogens with zero attached hydrogens (tertiary/aromatic N) is 2. The van der Waals surface area contributed by atoms with Crippen molar-refractivity contribution in [3.63, 3.8) is 0 Å². The van der Waals surface area contributed by atoms with E-state index in [-0.39, 0.29) is 0 Å². The Bertz CT molecular complexity index is 408. The van der Waals surface area contributed by atoms with Gasteiger partial charge in [-0.3, -0.25) is 0 Å². The molecule has 1 rings (SSSR count). The fraction of sp³-hybridized carbons (Fsp3) is 0.364. The average Bonchev–Trinajstić information content (AvgIpc) is 1.98. The standard InChI is InChI=1S/C11H15N3S/c1-7(2)5-9-12-10(6-8(3)4)14-11(15)13-9/h1,3,5-6H2,2,4H3,(H,12,13,14,15). The fourth-order valence-electron chi connectivity index (χ4n) is 1.22. The Hall–Kier alpha value is -1.29. The lowest BCUT2D eigenvalue weighted by Crippen LogP contribution is -2.04. The van der Waals surface area contributed by atoms with Crippen LogP contribution in [0, 0.1) is 4.77 Å². The molecule has 15 heavy (non-hydrogen) atoms. The minimum absolute atomic E-state index is 0.376. The van der Waals surface area contributed by atoms with Crippen molar-refractivity contribution in [2.24, 2.45) is 0 Å². The van der Waals surface area contributed by atoms with Crippen LogP contribution in [0.25, 0.3) is 0 Å². The Morgan fingerprint density at radius 1 is 1.13 bits per heavy atom. The highest BCUT2D eigenvalue weighted by molar-refractivity contribution is 7.71. The van der Waals surface area contributed by atoms with Gasteiger partial charge in [0.15, 0.2) is 0 Å². The van der Waals surface area contributed by atoms with Crippen LogP contribution in [0.4, 0.5) is 0 Å². The lowest BCUT2D eigenvalue weighted by atomic mass is 10.2. The van der Waals surface area contributed by atoms with Crippen LogP contribution in [0.2, 0.25) is 0 Å². The van der Waals surface area contributed by atoms with E-state index in [4.69, 9.17) is 12.2 Å². The first-order valence-corrected chi connectivity index (χ1v) is 5.13. The van der Waals surface area contributed by atoms with Crippen LogP contribution in [0.1, 0.15) is 25.5 Å². The third-order valence-electron chi connectivity index (χ3n) is 1.69. The van der Waals surface area contributed by atoms with E-state index in [9.17, 15) is 0 Å².